The van der Waals surface area contributed by atoms with Crippen LogP contribution >= 0.6 is 0 Å². The second kappa shape index (κ2) is 7.01. The Hall–Kier alpha value is -3.62. The maximum atomic E-state index is 11.5. The van der Waals surface area contributed by atoms with E-state index in [1.807, 2.05) is 24.3 Å². The molecule has 0 spiro atoms. The number of anilines is 1. The Kier molecular flexibility index (Phi) is 4.30. The number of nitrogens with one attached hydrogen (secondary N) is 1. The van der Waals surface area contributed by atoms with Crippen LogP contribution in [0, 0.1) is 5.92 Å². The average Bonchev–Trinajstić information content (AvgIpc) is 3.36. The van der Waals surface area contributed by atoms with Gasteiger partial charge in [-0.3, -0.25) is 4.79 Å². The number of ether oxygens (including phenoxy) is 1. The first-order valence-corrected chi connectivity index (χ1v) is 10.0. The van der Waals surface area contributed by atoms with Crippen molar-refractivity contribution in [1.29, 1.82) is 0 Å². The van der Waals surface area contributed by atoms with Gasteiger partial charge >= 0.3 is 0 Å². The molecule has 0 bridgehead atoms. The normalized spacial score (nSPS) is 19.4. The summed E-state index contributed by atoms with van der Waals surface area (Å²) < 4.78 is 7.26. The standard InChI is InChI=1S/C21H23N7O2/c1-30-15-4-2-3-13-9-14(26-16(13)15)17-18-19(22)24-10-25-28(18)21(27-17)12-7-5-11(6-8-12)20(23)29/h2-4,9-12,26H,5-8H2,1H3,(H2,23,29)(H2,22,24,25). The number of hydrogen-bond acceptors (Lipinski definition) is 6. The van der Waals surface area contributed by atoms with Gasteiger partial charge in [0.05, 0.1) is 18.3 Å². The van der Waals surface area contributed by atoms with Crippen molar-refractivity contribution in [3.05, 3.63) is 36.4 Å². The number of carbonyl (C=O) groups is 1. The molecule has 0 saturated heterocycles. The van der Waals surface area contributed by atoms with Gasteiger partial charge in [0.25, 0.3) is 0 Å². The fraction of sp³-hybridized carbons (Fsp3) is 0.333. The van der Waals surface area contributed by atoms with Crippen molar-refractivity contribution in [3.63, 3.8) is 0 Å². The van der Waals surface area contributed by atoms with Crippen LogP contribution in [0.3, 0.4) is 0 Å². The lowest BCUT2D eigenvalue weighted by Crippen LogP contribution is -2.27. The zero-order chi connectivity index (χ0) is 20.8. The van der Waals surface area contributed by atoms with Gasteiger partial charge in [-0.2, -0.15) is 5.10 Å². The van der Waals surface area contributed by atoms with Crippen LogP contribution in [0.25, 0.3) is 27.8 Å². The van der Waals surface area contributed by atoms with Gasteiger partial charge in [-0.15, -0.1) is 0 Å². The number of fused-ring (bicyclic) bond motifs is 2. The van der Waals surface area contributed by atoms with Gasteiger partial charge in [0.2, 0.25) is 5.91 Å². The number of amides is 1. The minimum absolute atomic E-state index is 0.0622. The van der Waals surface area contributed by atoms with Crippen LogP contribution in [0.1, 0.15) is 37.4 Å². The minimum Gasteiger partial charge on any atom is -0.495 e. The molecular weight excluding hydrogens is 382 g/mol. The lowest BCUT2D eigenvalue weighted by molar-refractivity contribution is -0.122. The fourth-order valence-corrected chi connectivity index (χ4v) is 4.49. The maximum absolute atomic E-state index is 11.5. The summed E-state index contributed by atoms with van der Waals surface area (Å²) in [6.45, 7) is 0. The van der Waals surface area contributed by atoms with Crippen molar-refractivity contribution in [2.45, 2.75) is 31.6 Å². The lowest BCUT2D eigenvalue weighted by atomic mass is 9.81. The quantitative estimate of drug-likeness (QED) is 0.477. The van der Waals surface area contributed by atoms with Gasteiger partial charge in [0, 0.05) is 17.2 Å². The molecule has 0 radical (unpaired) electrons. The molecule has 1 aliphatic rings. The van der Waals surface area contributed by atoms with Gasteiger partial charge in [-0.1, -0.05) is 12.1 Å². The van der Waals surface area contributed by atoms with E-state index >= 15 is 0 Å². The summed E-state index contributed by atoms with van der Waals surface area (Å²) in [7, 11) is 1.65. The molecule has 1 saturated carbocycles. The summed E-state index contributed by atoms with van der Waals surface area (Å²) in [5, 5.41) is 5.46. The first kappa shape index (κ1) is 18.4. The molecule has 4 aromatic rings. The number of aromatic nitrogens is 5. The van der Waals surface area contributed by atoms with Crippen LogP contribution in [0.5, 0.6) is 5.75 Å². The monoisotopic (exact) mass is 405 g/mol. The van der Waals surface area contributed by atoms with Crippen molar-refractivity contribution in [3.8, 4) is 17.1 Å². The molecular formula is C21H23N7O2. The van der Waals surface area contributed by atoms with E-state index in [1.54, 1.807) is 11.6 Å². The number of nitrogen functional groups attached to an aromatic ring is 1. The van der Waals surface area contributed by atoms with Gasteiger partial charge in [-0.25, -0.2) is 14.5 Å². The molecule has 3 heterocycles. The van der Waals surface area contributed by atoms with E-state index in [0.717, 1.165) is 53.9 Å². The first-order chi connectivity index (χ1) is 14.6. The molecule has 5 rings (SSSR count). The molecule has 9 nitrogen and oxygen atoms in total. The summed E-state index contributed by atoms with van der Waals surface area (Å²) in [6, 6.07) is 7.90. The fourth-order valence-electron chi connectivity index (χ4n) is 4.49. The molecule has 30 heavy (non-hydrogen) atoms. The number of nitrogens with zero attached hydrogens (tertiary/aromatic N) is 4. The molecule has 1 fully saturated rings. The smallest absolute Gasteiger partial charge is 0.220 e. The number of methoxy groups -OCH3 is 1. The highest BCUT2D eigenvalue weighted by molar-refractivity contribution is 5.93. The molecule has 1 aliphatic carbocycles. The molecule has 3 aromatic heterocycles. The molecule has 154 valence electrons. The predicted molar refractivity (Wildman–Crippen MR) is 113 cm³/mol. The number of benzene rings is 1. The van der Waals surface area contributed by atoms with Gasteiger partial charge in [0.15, 0.2) is 5.82 Å². The van der Waals surface area contributed by atoms with Crippen molar-refractivity contribution < 1.29 is 9.53 Å². The van der Waals surface area contributed by atoms with E-state index in [-0.39, 0.29) is 17.7 Å². The summed E-state index contributed by atoms with van der Waals surface area (Å²) >= 11 is 0. The van der Waals surface area contributed by atoms with Gasteiger partial charge in [-0.05, 0) is 37.8 Å². The number of aromatic amines is 1. The Morgan fingerprint density at radius 3 is 2.80 bits per heavy atom. The Balaban J connectivity index is 1.63. The third-order valence-electron chi connectivity index (χ3n) is 6.07. The molecule has 9 heteroatoms. The summed E-state index contributed by atoms with van der Waals surface area (Å²) in [6.07, 6.45) is 4.62. The number of imidazole rings is 1. The highest BCUT2D eigenvalue weighted by Gasteiger charge is 2.30. The Bertz CT molecular complexity index is 1250. The number of hydrogen-bond donors (Lipinski definition) is 3. The Morgan fingerprint density at radius 2 is 2.07 bits per heavy atom. The SMILES string of the molecule is COc1cccc2cc(-c3nc(C4CCC(C(N)=O)CC4)n4ncnc(N)c34)[nH]c12. The largest absolute Gasteiger partial charge is 0.495 e. The van der Waals surface area contributed by atoms with Gasteiger partial charge in [0.1, 0.15) is 29.1 Å². The van der Waals surface area contributed by atoms with Crippen LogP contribution < -0.4 is 16.2 Å². The van der Waals surface area contributed by atoms with E-state index in [4.69, 9.17) is 21.2 Å². The van der Waals surface area contributed by atoms with Crippen LogP contribution in [0.2, 0.25) is 0 Å². The van der Waals surface area contributed by atoms with Crippen molar-refractivity contribution >= 4 is 28.1 Å². The number of rotatable bonds is 4. The number of H-pyrrole nitrogens is 1. The van der Waals surface area contributed by atoms with Crippen LogP contribution in [-0.4, -0.2) is 37.6 Å². The van der Waals surface area contributed by atoms with Crippen LogP contribution in [-0.2, 0) is 4.79 Å². The van der Waals surface area contributed by atoms with Crippen LogP contribution in [0.4, 0.5) is 5.82 Å². The number of primary amides is 1. The third kappa shape index (κ3) is 2.85. The maximum Gasteiger partial charge on any atom is 0.220 e. The van der Waals surface area contributed by atoms with E-state index in [0.29, 0.717) is 17.0 Å². The average molecular weight is 405 g/mol. The second-order valence-electron chi connectivity index (χ2n) is 7.78. The second-order valence-corrected chi connectivity index (χ2v) is 7.78. The summed E-state index contributed by atoms with van der Waals surface area (Å²) in [4.78, 5) is 24.1. The Morgan fingerprint density at radius 1 is 1.27 bits per heavy atom. The van der Waals surface area contributed by atoms with Crippen molar-refractivity contribution in [1.82, 2.24) is 24.6 Å². The highest BCUT2D eigenvalue weighted by Crippen LogP contribution is 2.39. The molecule has 0 atom stereocenters. The Labute approximate surface area is 172 Å². The molecule has 5 N–H and O–H groups in total. The van der Waals surface area contributed by atoms with Crippen LogP contribution in [0.15, 0.2) is 30.6 Å². The minimum atomic E-state index is -0.222. The number of nitrogens with two attached hydrogens (primary N) is 2. The van der Waals surface area contributed by atoms with Gasteiger partial charge < -0.3 is 21.2 Å². The van der Waals surface area contributed by atoms with Crippen molar-refractivity contribution in [2.24, 2.45) is 11.7 Å². The molecule has 1 aromatic carbocycles. The molecule has 0 aliphatic heterocycles. The first-order valence-electron chi connectivity index (χ1n) is 10.0. The van der Waals surface area contributed by atoms with E-state index in [9.17, 15) is 4.79 Å². The highest BCUT2D eigenvalue weighted by atomic mass is 16.5. The zero-order valence-electron chi connectivity index (χ0n) is 16.6. The van der Waals surface area contributed by atoms with Crippen molar-refractivity contribution in [2.75, 3.05) is 12.8 Å². The molecule has 0 unspecified atom stereocenters. The number of para-hydroxylation sites is 1. The van der Waals surface area contributed by atoms with E-state index in [2.05, 4.69) is 15.1 Å². The van der Waals surface area contributed by atoms with E-state index < -0.39 is 0 Å². The topological polar surface area (TPSA) is 137 Å². The van der Waals surface area contributed by atoms with E-state index in [1.165, 1.54) is 6.33 Å². The third-order valence-corrected chi connectivity index (χ3v) is 6.07. The summed E-state index contributed by atoms with van der Waals surface area (Å²) in [5.74, 6) is 1.86. The summed E-state index contributed by atoms with van der Waals surface area (Å²) in [5.41, 5.74) is 14.8. The molecule has 1 amide bonds. The zero-order valence-corrected chi connectivity index (χ0v) is 16.6. The lowest BCUT2D eigenvalue weighted by Gasteiger charge is -2.25. The number of carbonyl (C=O) groups excluding carboxylic acids is 1. The predicted octanol–water partition coefficient (Wildman–Crippen LogP) is 2.62.